The van der Waals surface area contributed by atoms with E-state index >= 15 is 0 Å². The highest BCUT2D eigenvalue weighted by Gasteiger charge is 2.18. The molecule has 0 amide bonds. The molecular formula is C14H17N3OS2. The number of rotatable bonds is 3. The van der Waals surface area contributed by atoms with Crippen molar-refractivity contribution in [2.75, 3.05) is 0 Å². The summed E-state index contributed by atoms with van der Waals surface area (Å²) in [6.07, 6.45) is 5.18. The van der Waals surface area contributed by atoms with Gasteiger partial charge in [0.1, 0.15) is 16.0 Å². The molecule has 0 unspecified atom stereocenters. The summed E-state index contributed by atoms with van der Waals surface area (Å²) < 4.78 is 15.6. The molecule has 0 radical (unpaired) electrons. The average molecular weight is 307 g/mol. The predicted octanol–water partition coefficient (Wildman–Crippen LogP) is 3.39. The summed E-state index contributed by atoms with van der Waals surface area (Å²) >= 11 is 1.51. The highest BCUT2D eigenvalue weighted by molar-refractivity contribution is 7.85. The molecule has 0 aromatic carbocycles. The van der Waals surface area contributed by atoms with Crippen molar-refractivity contribution < 1.29 is 4.21 Å². The number of nitrogens with zero attached hydrogens (tertiary/aromatic N) is 3. The molecule has 2 aromatic heterocycles. The van der Waals surface area contributed by atoms with Gasteiger partial charge in [0.15, 0.2) is 0 Å². The van der Waals surface area contributed by atoms with E-state index in [-0.39, 0.29) is 4.75 Å². The third-order valence-corrected chi connectivity index (χ3v) is 4.81. The Balaban J connectivity index is 2.15. The van der Waals surface area contributed by atoms with E-state index in [0.717, 1.165) is 21.1 Å². The molecule has 1 atom stereocenters. The molecule has 0 aliphatic rings. The Labute approximate surface area is 125 Å². The fraction of sp³-hybridized carbons (Fsp3) is 0.357. The molecule has 20 heavy (non-hydrogen) atoms. The first kappa shape index (κ1) is 15.0. The van der Waals surface area contributed by atoms with Crippen molar-refractivity contribution in [2.24, 2.45) is 4.40 Å². The lowest BCUT2D eigenvalue weighted by Crippen LogP contribution is -2.19. The van der Waals surface area contributed by atoms with Crippen molar-refractivity contribution in [1.29, 1.82) is 0 Å². The van der Waals surface area contributed by atoms with Gasteiger partial charge in [-0.05, 0) is 39.8 Å². The van der Waals surface area contributed by atoms with Gasteiger partial charge in [-0.3, -0.25) is 4.98 Å². The lowest BCUT2D eigenvalue weighted by Gasteiger charge is -2.12. The Morgan fingerprint density at radius 1 is 1.25 bits per heavy atom. The lowest BCUT2D eigenvalue weighted by molar-refractivity contribution is 0.651. The largest absolute Gasteiger partial charge is 0.261 e. The third-order valence-electron chi connectivity index (χ3n) is 2.48. The van der Waals surface area contributed by atoms with Gasteiger partial charge in [0.2, 0.25) is 0 Å². The first-order valence-corrected chi connectivity index (χ1v) is 8.13. The minimum Gasteiger partial charge on any atom is -0.261 e. The van der Waals surface area contributed by atoms with E-state index in [1.54, 1.807) is 12.4 Å². The van der Waals surface area contributed by atoms with E-state index < -0.39 is 11.0 Å². The summed E-state index contributed by atoms with van der Waals surface area (Å²) in [7, 11) is -1.24. The van der Waals surface area contributed by atoms with E-state index in [9.17, 15) is 4.21 Å². The van der Waals surface area contributed by atoms with Crippen LogP contribution >= 0.6 is 11.3 Å². The molecule has 6 heteroatoms. The maximum Gasteiger partial charge on any atom is 0.144 e. The van der Waals surface area contributed by atoms with E-state index in [0.29, 0.717) is 0 Å². The molecule has 2 heterocycles. The molecule has 0 aliphatic carbocycles. The van der Waals surface area contributed by atoms with Crippen LogP contribution in [-0.4, -0.2) is 25.1 Å². The van der Waals surface area contributed by atoms with Crippen molar-refractivity contribution in [3.05, 3.63) is 35.1 Å². The highest BCUT2D eigenvalue weighted by Crippen LogP contribution is 2.24. The molecule has 0 aliphatic heterocycles. The minimum absolute atomic E-state index is 0.342. The second kappa shape index (κ2) is 5.93. The molecule has 0 N–H and O–H groups in total. The summed E-state index contributed by atoms with van der Waals surface area (Å²) in [5, 5.41) is 0.889. The van der Waals surface area contributed by atoms with Gasteiger partial charge in [-0.25, -0.2) is 9.19 Å². The maximum atomic E-state index is 11.8. The van der Waals surface area contributed by atoms with E-state index in [1.807, 2.05) is 46.0 Å². The normalized spacial score (nSPS) is 13.8. The Morgan fingerprint density at radius 3 is 2.60 bits per heavy atom. The van der Waals surface area contributed by atoms with Crippen LogP contribution in [0.5, 0.6) is 0 Å². The van der Waals surface area contributed by atoms with Crippen molar-refractivity contribution in [1.82, 2.24) is 9.97 Å². The first-order chi connectivity index (χ1) is 9.36. The second-order valence-corrected chi connectivity index (χ2v) is 8.35. The Hall–Kier alpha value is -1.40. The molecule has 4 nitrogen and oxygen atoms in total. The van der Waals surface area contributed by atoms with Gasteiger partial charge in [0, 0.05) is 23.7 Å². The average Bonchev–Trinajstić information content (AvgIpc) is 2.84. The fourth-order valence-corrected chi connectivity index (χ4v) is 2.70. The maximum absolute atomic E-state index is 11.8. The molecule has 106 valence electrons. The molecule has 2 rings (SSSR count). The van der Waals surface area contributed by atoms with Gasteiger partial charge >= 0.3 is 0 Å². The van der Waals surface area contributed by atoms with E-state index in [2.05, 4.69) is 14.4 Å². The van der Waals surface area contributed by atoms with E-state index in [4.69, 9.17) is 0 Å². The van der Waals surface area contributed by atoms with Gasteiger partial charge in [-0.2, -0.15) is 4.40 Å². The number of aromatic nitrogens is 2. The summed E-state index contributed by atoms with van der Waals surface area (Å²) in [5.41, 5.74) is 1.96. The van der Waals surface area contributed by atoms with Crippen LogP contribution in [0.4, 0.5) is 0 Å². The molecule has 2 aromatic rings. The molecule has 0 fully saturated rings. The summed E-state index contributed by atoms with van der Waals surface area (Å²) in [6.45, 7) is 7.65. The summed E-state index contributed by atoms with van der Waals surface area (Å²) in [6, 6.07) is 3.95. The van der Waals surface area contributed by atoms with Gasteiger partial charge in [0.05, 0.1) is 15.8 Å². The van der Waals surface area contributed by atoms with Gasteiger partial charge in [-0.15, -0.1) is 11.3 Å². The van der Waals surface area contributed by atoms with Crippen molar-refractivity contribution in [2.45, 2.75) is 32.4 Å². The van der Waals surface area contributed by atoms with Gasteiger partial charge < -0.3 is 0 Å². The smallest absolute Gasteiger partial charge is 0.144 e. The van der Waals surface area contributed by atoms with Crippen LogP contribution in [0, 0.1) is 6.92 Å². The van der Waals surface area contributed by atoms with Crippen molar-refractivity contribution in [3.8, 4) is 10.6 Å². The predicted molar refractivity (Wildman–Crippen MR) is 85.6 cm³/mol. The summed E-state index contributed by atoms with van der Waals surface area (Å²) in [4.78, 5) is 9.49. The number of hydrogen-bond acceptors (Lipinski definition) is 4. The zero-order valence-corrected chi connectivity index (χ0v) is 13.6. The van der Waals surface area contributed by atoms with Crippen LogP contribution < -0.4 is 0 Å². The zero-order chi connectivity index (χ0) is 14.8. The standard InChI is InChI=1S/C14H17N3OS2/c1-10-5-6-11(7-15-10)13-16-8-12(19-13)9-17-20(18)14(2,3)4/h5-9H,1-4H3/t20-/m0/s1. The van der Waals surface area contributed by atoms with Crippen LogP contribution in [0.15, 0.2) is 28.9 Å². The molecule has 0 saturated carbocycles. The number of thiazole rings is 1. The SMILES string of the molecule is Cc1ccc(-c2ncc(C=N[S@@](=O)C(C)(C)C)s2)cn1. The number of hydrogen-bond donors (Lipinski definition) is 0. The van der Waals surface area contributed by atoms with Gasteiger partial charge in [0.25, 0.3) is 0 Å². The van der Waals surface area contributed by atoms with Crippen molar-refractivity contribution >= 4 is 28.5 Å². The lowest BCUT2D eigenvalue weighted by atomic mass is 10.3. The monoisotopic (exact) mass is 307 g/mol. The number of pyridine rings is 1. The second-order valence-electron chi connectivity index (χ2n) is 5.35. The first-order valence-electron chi connectivity index (χ1n) is 6.21. The van der Waals surface area contributed by atoms with Crippen LogP contribution in [0.2, 0.25) is 0 Å². The highest BCUT2D eigenvalue weighted by atomic mass is 32.2. The Morgan fingerprint density at radius 2 is 2.00 bits per heavy atom. The molecular weight excluding hydrogens is 290 g/mol. The van der Waals surface area contributed by atoms with Crippen LogP contribution in [0.25, 0.3) is 10.6 Å². The minimum atomic E-state index is -1.24. The van der Waals surface area contributed by atoms with Crippen LogP contribution in [-0.2, 0) is 11.0 Å². The third kappa shape index (κ3) is 3.80. The molecule has 0 bridgehead atoms. The molecule has 0 saturated heterocycles. The summed E-state index contributed by atoms with van der Waals surface area (Å²) in [5.74, 6) is 0. The topological polar surface area (TPSA) is 55.2 Å². The van der Waals surface area contributed by atoms with E-state index in [1.165, 1.54) is 11.3 Å². The zero-order valence-electron chi connectivity index (χ0n) is 12.0. The Kier molecular flexibility index (Phi) is 4.45. The fourth-order valence-electron chi connectivity index (χ4n) is 1.33. The Bertz CT molecular complexity index is 639. The van der Waals surface area contributed by atoms with Gasteiger partial charge in [-0.1, -0.05) is 0 Å². The van der Waals surface area contributed by atoms with Crippen LogP contribution in [0.3, 0.4) is 0 Å². The molecule has 0 spiro atoms. The van der Waals surface area contributed by atoms with Crippen molar-refractivity contribution in [3.63, 3.8) is 0 Å². The number of aryl methyl sites for hydroxylation is 1. The van der Waals surface area contributed by atoms with Crippen LogP contribution in [0.1, 0.15) is 31.3 Å². The quantitative estimate of drug-likeness (QED) is 0.817.